The van der Waals surface area contributed by atoms with Crippen molar-refractivity contribution < 1.29 is 19.8 Å². The van der Waals surface area contributed by atoms with E-state index in [4.69, 9.17) is 5.11 Å². The molecule has 5 aliphatic rings. The Kier molecular flexibility index (Phi) is 3.65. The summed E-state index contributed by atoms with van der Waals surface area (Å²) >= 11 is 0. The molecule has 0 aromatic carbocycles. The van der Waals surface area contributed by atoms with Crippen LogP contribution in [0.1, 0.15) is 45.4 Å². The molecule has 8 atom stereocenters. The van der Waals surface area contributed by atoms with E-state index < -0.39 is 11.6 Å². The molecule has 5 rings (SSSR count). The Bertz CT molecular complexity index is 792. The second kappa shape index (κ2) is 5.66. The number of aliphatic carboxylic acids is 1. The summed E-state index contributed by atoms with van der Waals surface area (Å²) in [5.74, 6) is 1.87. The summed E-state index contributed by atoms with van der Waals surface area (Å²) in [5, 5.41) is 20.9. The number of carbonyl (C=O) groups excluding carboxylic acids is 1. The number of hydrogen-bond donors (Lipinski definition) is 2. The molecule has 0 aromatic rings. The first-order chi connectivity index (χ1) is 12.9. The van der Waals surface area contributed by atoms with Crippen molar-refractivity contribution in [2.75, 3.05) is 0 Å². The van der Waals surface area contributed by atoms with Crippen molar-refractivity contribution in [3.63, 3.8) is 0 Å². The third kappa shape index (κ3) is 2.19. The number of rotatable bonds is 3. The fourth-order valence-corrected chi connectivity index (χ4v) is 7.67. The lowest BCUT2D eigenvalue weighted by Crippen LogP contribution is -2.55. The normalized spacial score (nSPS) is 49.9. The molecule has 0 bridgehead atoms. The Morgan fingerprint density at radius 1 is 1.33 bits per heavy atom. The highest BCUT2D eigenvalue weighted by molar-refractivity contribution is 5.92. The second-order valence-corrected chi connectivity index (χ2v) is 9.43. The van der Waals surface area contributed by atoms with Gasteiger partial charge in [-0.15, -0.1) is 0 Å². The minimum Gasteiger partial charge on any atom is -0.478 e. The van der Waals surface area contributed by atoms with Crippen LogP contribution >= 0.6 is 0 Å². The van der Waals surface area contributed by atoms with Crippen LogP contribution in [0.5, 0.6) is 0 Å². The fraction of sp³-hybridized carbons (Fsp3) is 0.652. The van der Waals surface area contributed by atoms with Crippen LogP contribution in [-0.4, -0.2) is 27.6 Å². The summed E-state index contributed by atoms with van der Waals surface area (Å²) in [6, 6.07) is 0. The first-order valence-corrected chi connectivity index (χ1v) is 10.5. The van der Waals surface area contributed by atoms with Crippen LogP contribution in [0.4, 0.5) is 0 Å². The van der Waals surface area contributed by atoms with Crippen LogP contribution < -0.4 is 0 Å². The maximum atomic E-state index is 11.8. The van der Waals surface area contributed by atoms with Gasteiger partial charge in [0.2, 0.25) is 0 Å². The van der Waals surface area contributed by atoms with Crippen molar-refractivity contribution in [2.24, 2.45) is 40.9 Å². The average Bonchev–Trinajstić information content (AvgIpc) is 3.41. The smallest absolute Gasteiger partial charge is 0.328 e. The predicted octanol–water partition coefficient (Wildman–Crippen LogP) is 3.52. The molecule has 4 heteroatoms. The summed E-state index contributed by atoms with van der Waals surface area (Å²) < 4.78 is 0. The number of carboxylic acids is 1. The number of carbonyl (C=O) groups is 2. The van der Waals surface area contributed by atoms with E-state index in [1.54, 1.807) is 6.08 Å². The van der Waals surface area contributed by atoms with Gasteiger partial charge in [0, 0.05) is 17.9 Å². The predicted molar refractivity (Wildman–Crippen MR) is 101 cm³/mol. The van der Waals surface area contributed by atoms with Gasteiger partial charge >= 0.3 is 5.97 Å². The summed E-state index contributed by atoms with van der Waals surface area (Å²) in [6.07, 6.45) is 14.6. The third-order valence-electron chi connectivity index (χ3n) is 8.73. The molecule has 27 heavy (non-hydrogen) atoms. The first kappa shape index (κ1) is 17.4. The molecule has 5 aliphatic carbocycles. The molecule has 0 aliphatic heterocycles. The molecule has 144 valence electrons. The molecular weight excluding hydrogens is 340 g/mol. The van der Waals surface area contributed by atoms with Gasteiger partial charge in [0.25, 0.3) is 0 Å². The molecule has 3 saturated carbocycles. The Balaban J connectivity index is 1.55. The molecular formula is C23H28O4. The highest BCUT2D eigenvalue weighted by atomic mass is 16.4. The number of aliphatic hydroxyl groups is 1. The first-order valence-electron chi connectivity index (χ1n) is 10.5. The van der Waals surface area contributed by atoms with Gasteiger partial charge < -0.3 is 10.2 Å². The summed E-state index contributed by atoms with van der Waals surface area (Å²) in [5.41, 5.74) is -0.000635. The molecule has 0 radical (unpaired) electrons. The average molecular weight is 368 g/mol. The number of carboxylic acid groups (broad SMARTS) is 1. The SMILES string of the molecule is CC[C@]12CC[C@H]3[C@@H](C=CC4=CC(=O)CC[C@@H]43)[C@@H]1[C@H]1C[C@H]1[C@@]2(O)/C=C\C(=O)O. The maximum Gasteiger partial charge on any atom is 0.328 e. The van der Waals surface area contributed by atoms with Crippen LogP contribution in [0.3, 0.4) is 0 Å². The summed E-state index contributed by atoms with van der Waals surface area (Å²) in [4.78, 5) is 23.0. The molecule has 0 amide bonds. The van der Waals surface area contributed by atoms with Crippen molar-refractivity contribution in [2.45, 2.75) is 51.0 Å². The number of fused-ring (bicyclic) bond motifs is 7. The van der Waals surface area contributed by atoms with Gasteiger partial charge in [-0.3, -0.25) is 4.79 Å². The molecule has 0 unspecified atom stereocenters. The van der Waals surface area contributed by atoms with Gasteiger partial charge in [-0.25, -0.2) is 4.79 Å². The van der Waals surface area contributed by atoms with E-state index >= 15 is 0 Å². The summed E-state index contributed by atoms with van der Waals surface area (Å²) in [7, 11) is 0. The minimum atomic E-state index is -0.993. The summed E-state index contributed by atoms with van der Waals surface area (Å²) in [6.45, 7) is 2.16. The van der Waals surface area contributed by atoms with Gasteiger partial charge in [0.15, 0.2) is 5.78 Å². The molecule has 0 spiro atoms. The van der Waals surface area contributed by atoms with Crippen LogP contribution in [0.25, 0.3) is 0 Å². The molecule has 4 nitrogen and oxygen atoms in total. The highest BCUT2D eigenvalue weighted by Crippen LogP contribution is 2.76. The van der Waals surface area contributed by atoms with Crippen molar-refractivity contribution in [3.05, 3.63) is 36.0 Å². The Morgan fingerprint density at radius 2 is 2.15 bits per heavy atom. The van der Waals surface area contributed by atoms with E-state index in [1.807, 2.05) is 6.08 Å². The standard InChI is InChI=1S/C23H28O4/c1-2-22-9-7-16-15-6-4-14(24)11-13(15)3-5-17(16)21(22)18-12-19(18)23(22,27)10-8-20(25)26/h3,5,8,10-11,15-19,21,27H,2,4,6-7,9,12H2,1H3,(H,25,26)/b10-8-/t15-,16+,17+,18-,19+,21+,22-,23-/m0/s1. The fourth-order valence-electron chi connectivity index (χ4n) is 7.67. The zero-order valence-corrected chi connectivity index (χ0v) is 15.8. The van der Waals surface area contributed by atoms with Gasteiger partial charge in [-0.05, 0) is 85.3 Å². The highest BCUT2D eigenvalue weighted by Gasteiger charge is 2.75. The van der Waals surface area contributed by atoms with Crippen LogP contribution in [0.15, 0.2) is 36.0 Å². The lowest BCUT2D eigenvalue weighted by Gasteiger charge is -2.56. The zero-order chi connectivity index (χ0) is 19.0. The maximum absolute atomic E-state index is 11.8. The van der Waals surface area contributed by atoms with Gasteiger partial charge in [0.1, 0.15) is 0 Å². The zero-order valence-electron chi connectivity index (χ0n) is 15.8. The largest absolute Gasteiger partial charge is 0.478 e. The van der Waals surface area contributed by atoms with E-state index in [9.17, 15) is 14.7 Å². The molecule has 0 saturated heterocycles. The van der Waals surface area contributed by atoms with E-state index in [1.165, 1.54) is 5.57 Å². The van der Waals surface area contributed by atoms with Gasteiger partial charge in [-0.1, -0.05) is 19.1 Å². The Morgan fingerprint density at radius 3 is 2.89 bits per heavy atom. The van der Waals surface area contributed by atoms with Crippen molar-refractivity contribution in [3.8, 4) is 0 Å². The molecule has 3 fully saturated rings. The number of allylic oxidation sites excluding steroid dienone is 4. The van der Waals surface area contributed by atoms with E-state index in [2.05, 4.69) is 19.1 Å². The minimum absolute atomic E-state index is 0.204. The van der Waals surface area contributed by atoms with Crippen LogP contribution in [-0.2, 0) is 9.59 Å². The monoisotopic (exact) mass is 368 g/mol. The second-order valence-electron chi connectivity index (χ2n) is 9.43. The van der Waals surface area contributed by atoms with Crippen molar-refractivity contribution in [1.82, 2.24) is 0 Å². The van der Waals surface area contributed by atoms with Crippen LogP contribution in [0.2, 0.25) is 0 Å². The van der Waals surface area contributed by atoms with Gasteiger partial charge in [0.05, 0.1) is 5.60 Å². The molecule has 0 heterocycles. The van der Waals surface area contributed by atoms with E-state index in [0.29, 0.717) is 36.0 Å². The number of ketones is 1. The van der Waals surface area contributed by atoms with E-state index in [-0.39, 0.29) is 17.1 Å². The Hall–Kier alpha value is -1.68. The van der Waals surface area contributed by atoms with Crippen molar-refractivity contribution in [1.29, 1.82) is 0 Å². The molecule has 0 aromatic heterocycles. The van der Waals surface area contributed by atoms with Crippen molar-refractivity contribution >= 4 is 11.8 Å². The number of hydrogen-bond acceptors (Lipinski definition) is 3. The lowest BCUT2D eigenvalue weighted by molar-refractivity contribution is -0.132. The van der Waals surface area contributed by atoms with Gasteiger partial charge in [-0.2, -0.15) is 0 Å². The molecule has 2 N–H and O–H groups in total. The third-order valence-corrected chi connectivity index (χ3v) is 8.73. The lowest BCUT2D eigenvalue weighted by atomic mass is 9.49. The van der Waals surface area contributed by atoms with Crippen LogP contribution in [0, 0.1) is 40.9 Å². The quantitative estimate of drug-likeness (QED) is 0.748. The van der Waals surface area contributed by atoms with E-state index in [0.717, 1.165) is 38.2 Å². The Labute approximate surface area is 160 Å². The topological polar surface area (TPSA) is 74.6 Å².